The van der Waals surface area contributed by atoms with E-state index in [-0.39, 0.29) is 5.96 Å². The molecule has 0 spiro atoms. The molecule has 0 radical (unpaired) electrons. The van der Waals surface area contributed by atoms with Crippen LogP contribution in [-0.2, 0) is 0 Å². The maximum absolute atomic E-state index is 12.7. The number of pyridine rings is 1. The molecular weight excluding hydrogens is 328 g/mol. The van der Waals surface area contributed by atoms with Crippen molar-refractivity contribution in [1.82, 2.24) is 4.98 Å². The van der Waals surface area contributed by atoms with Gasteiger partial charge in [-0.3, -0.25) is 4.79 Å². The van der Waals surface area contributed by atoms with E-state index >= 15 is 0 Å². The number of hydrogen-bond donors (Lipinski definition) is 2. The van der Waals surface area contributed by atoms with E-state index in [0.29, 0.717) is 34.5 Å². The monoisotopic (exact) mass is 348 g/mol. The van der Waals surface area contributed by atoms with E-state index in [4.69, 9.17) is 21.2 Å². The molecule has 0 bridgehead atoms. The van der Waals surface area contributed by atoms with Crippen molar-refractivity contribution in [2.75, 3.05) is 6.61 Å². The number of nitrogens with zero attached hydrogens (tertiary/aromatic N) is 2. The lowest BCUT2D eigenvalue weighted by atomic mass is 10.0. The van der Waals surface area contributed by atoms with Gasteiger partial charge in [0, 0.05) is 5.56 Å². The van der Waals surface area contributed by atoms with Crippen molar-refractivity contribution in [3.63, 3.8) is 0 Å². The van der Waals surface area contributed by atoms with E-state index < -0.39 is 5.91 Å². The van der Waals surface area contributed by atoms with Gasteiger partial charge >= 0.3 is 0 Å². The van der Waals surface area contributed by atoms with Gasteiger partial charge in [0.05, 0.1) is 28.8 Å². The van der Waals surface area contributed by atoms with Crippen LogP contribution in [0.5, 0.6) is 5.75 Å². The first-order valence-electron chi connectivity index (χ1n) is 8.27. The standard InChI is InChI=1S/C20H20N4O2/c1-3-26-17-10-6-9-15-18(17)14(19(25)24-20(21)22)11-16(23-15)13-8-5-4-7-12(13)2/h4-11H,3H2,1-2H3,(H4,21,22,24,25). The van der Waals surface area contributed by atoms with Crippen LogP contribution in [0.3, 0.4) is 0 Å². The van der Waals surface area contributed by atoms with Gasteiger partial charge in [-0.1, -0.05) is 30.3 Å². The summed E-state index contributed by atoms with van der Waals surface area (Å²) in [5.74, 6) is -0.242. The summed E-state index contributed by atoms with van der Waals surface area (Å²) in [6.07, 6.45) is 0. The lowest BCUT2D eigenvalue weighted by Crippen LogP contribution is -2.24. The summed E-state index contributed by atoms with van der Waals surface area (Å²) in [5.41, 5.74) is 14.5. The molecule has 26 heavy (non-hydrogen) atoms. The smallest absolute Gasteiger partial charge is 0.281 e. The summed E-state index contributed by atoms with van der Waals surface area (Å²) in [5, 5.41) is 0.599. The number of amides is 1. The molecule has 0 saturated carbocycles. The third-order valence-electron chi connectivity index (χ3n) is 3.98. The van der Waals surface area contributed by atoms with Gasteiger partial charge in [-0.2, -0.15) is 4.99 Å². The maximum atomic E-state index is 12.7. The summed E-state index contributed by atoms with van der Waals surface area (Å²) in [4.78, 5) is 21.1. The Hall–Kier alpha value is -3.41. The molecule has 3 rings (SSSR count). The third-order valence-corrected chi connectivity index (χ3v) is 3.98. The Bertz CT molecular complexity index is 1010. The maximum Gasteiger partial charge on any atom is 0.281 e. The van der Waals surface area contributed by atoms with Gasteiger partial charge in [0.1, 0.15) is 5.75 Å². The van der Waals surface area contributed by atoms with Crippen molar-refractivity contribution < 1.29 is 9.53 Å². The molecule has 1 aromatic heterocycles. The second-order valence-corrected chi connectivity index (χ2v) is 5.80. The van der Waals surface area contributed by atoms with Crippen LogP contribution in [0, 0.1) is 6.92 Å². The number of carbonyl (C=O) groups excluding carboxylic acids is 1. The molecule has 6 heteroatoms. The van der Waals surface area contributed by atoms with Crippen molar-refractivity contribution in [1.29, 1.82) is 0 Å². The minimum atomic E-state index is -0.528. The van der Waals surface area contributed by atoms with Crippen LogP contribution in [-0.4, -0.2) is 23.5 Å². The highest BCUT2D eigenvalue weighted by Crippen LogP contribution is 2.32. The molecule has 6 nitrogen and oxygen atoms in total. The number of aliphatic imine (C=N–C) groups is 1. The van der Waals surface area contributed by atoms with E-state index in [1.807, 2.05) is 50.2 Å². The highest BCUT2D eigenvalue weighted by Gasteiger charge is 2.18. The molecule has 2 aromatic carbocycles. The van der Waals surface area contributed by atoms with Crippen molar-refractivity contribution in [2.45, 2.75) is 13.8 Å². The van der Waals surface area contributed by atoms with Gasteiger partial charge in [0.2, 0.25) is 0 Å². The lowest BCUT2D eigenvalue weighted by molar-refractivity contribution is 0.100. The van der Waals surface area contributed by atoms with Gasteiger partial charge < -0.3 is 16.2 Å². The van der Waals surface area contributed by atoms with E-state index in [1.54, 1.807) is 12.1 Å². The molecule has 0 unspecified atom stereocenters. The summed E-state index contributed by atoms with van der Waals surface area (Å²) < 4.78 is 5.68. The molecule has 0 aliphatic carbocycles. The molecule has 0 atom stereocenters. The van der Waals surface area contributed by atoms with E-state index in [9.17, 15) is 4.79 Å². The van der Waals surface area contributed by atoms with Gasteiger partial charge in [-0.25, -0.2) is 4.98 Å². The number of aromatic nitrogens is 1. The second kappa shape index (κ2) is 7.23. The zero-order valence-electron chi connectivity index (χ0n) is 14.7. The van der Waals surface area contributed by atoms with Crippen LogP contribution in [0.4, 0.5) is 0 Å². The molecule has 0 fully saturated rings. The summed E-state index contributed by atoms with van der Waals surface area (Å²) >= 11 is 0. The van der Waals surface area contributed by atoms with Gasteiger partial charge in [-0.15, -0.1) is 0 Å². The average molecular weight is 348 g/mol. The van der Waals surface area contributed by atoms with Gasteiger partial charge in [0.25, 0.3) is 5.91 Å². The zero-order chi connectivity index (χ0) is 18.7. The van der Waals surface area contributed by atoms with E-state index in [2.05, 4.69) is 4.99 Å². The summed E-state index contributed by atoms with van der Waals surface area (Å²) in [7, 11) is 0. The minimum Gasteiger partial charge on any atom is -0.493 e. The average Bonchev–Trinajstić information content (AvgIpc) is 2.61. The minimum absolute atomic E-state index is 0.286. The molecule has 1 heterocycles. The molecule has 4 N–H and O–H groups in total. The topological polar surface area (TPSA) is 104 Å². The highest BCUT2D eigenvalue weighted by molar-refractivity contribution is 6.12. The number of aryl methyl sites for hydroxylation is 1. The summed E-state index contributed by atoms with van der Waals surface area (Å²) in [6.45, 7) is 4.34. The number of hydrogen-bond acceptors (Lipinski definition) is 3. The molecule has 1 amide bonds. The first-order chi connectivity index (χ1) is 12.5. The van der Waals surface area contributed by atoms with Crippen LogP contribution in [0.2, 0.25) is 0 Å². The Balaban J connectivity index is 2.33. The summed E-state index contributed by atoms with van der Waals surface area (Å²) in [6, 6.07) is 15.0. The molecular formula is C20H20N4O2. The Morgan fingerprint density at radius 2 is 1.92 bits per heavy atom. The van der Waals surface area contributed by atoms with Gasteiger partial charge in [0.15, 0.2) is 5.96 Å². The third kappa shape index (κ3) is 3.35. The normalized spacial score (nSPS) is 10.5. The fourth-order valence-corrected chi connectivity index (χ4v) is 2.87. The Labute approximate surface area is 151 Å². The number of guanidine groups is 1. The molecule has 132 valence electrons. The SMILES string of the molecule is CCOc1cccc2nc(-c3ccccc3C)cc(C(=O)N=C(N)N)c12. The van der Waals surface area contributed by atoms with Crippen molar-refractivity contribution >= 4 is 22.8 Å². The Morgan fingerprint density at radius 3 is 2.62 bits per heavy atom. The predicted octanol–water partition coefficient (Wildman–Crippen LogP) is 3.02. The highest BCUT2D eigenvalue weighted by atomic mass is 16.5. The fourth-order valence-electron chi connectivity index (χ4n) is 2.87. The van der Waals surface area contributed by atoms with Crippen LogP contribution in [0.25, 0.3) is 22.2 Å². The number of benzene rings is 2. The first-order valence-corrected chi connectivity index (χ1v) is 8.27. The van der Waals surface area contributed by atoms with E-state index in [0.717, 1.165) is 11.1 Å². The Kier molecular flexibility index (Phi) is 4.84. The first kappa shape index (κ1) is 17.4. The molecule has 0 aliphatic heterocycles. The van der Waals surface area contributed by atoms with Crippen molar-refractivity contribution in [3.05, 3.63) is 59.7 Å². The van der Waals surface area contributed by atoms with Crippen LogP contribution in [0.15, 0.2) is 53.5 Å². The second-order valence-electron chi connectivity index (χ2n) is 5.80. The fraction of sp³-hybridized carbons (Fsp3) is 0.150. The van der Waals surface area contributed by atoms with Gasteiger partial charge in [-0.05, 0) is 37.6 Å². The number of rotatable bonds is 4. The Morgan fingerprint density at radius 1 is 1.15 bits per heavy atom. The lowest BCUT2D eigenvalue weighted by Gasteiger charge is -2.13. The van der Waals surface area contributed by atoms with Crippen molar-refractivity contribution in [3.8, 4) is 17.0 Å². The number of nitrogens with two attached hydrogens (primary N) is 2. The van der Waals surface area contributed by atoms with E-state index in [1.165, 1.54) is 0 Å². The number of fused-ring (bicyclic) bond motifs is 1. The van der Waals surface area contributed by atoms with Crippen LogP contribution < -0.4 is 16.2 Å². The van der Waals surface area contributed by atoms with Crippen LogP contribution >= 0.6 is 0 Å². The molecule has 3 aromatic rings. The predicted molar refractivity (Wildman–Crippen MR) is 103 cm³/mol. The van der Waals surface area contributed by atoms with Crippen LogP contribution in [0.1, 0.15) is 22.8 Å². The quantitative estimate of drug-likeness (QED) is 0.557. The largest absolute Gasteiger partial charge is 0.493 e. The van der Waals surface area contributed by atoms with Crippen molar-refractivity contribution in [2.24, 2.45) is 16.5 Å². The number of carbonyl (C=O) groups is 1. The molecule has 0 saturated heterocycles. The molecule has 0 aliphatic rings. The number of ether oxygens (including phenoxy) is 1. The zero-order valence-corrected chi connectivity index (χ0v) is 14.7.